The fourth-order valence-electron chi connectivity index (χ4n) is 11.3. The Labute approximate surface area is 378 Å². The van der Waals surface area contributed by atoms with Crippen molar-refractivity contribution >= 4 is 44.0 Å². The van der Waals surface area contributed by atoms with Crippen molar-refractivity contribution in [2.24, 2.45) is 16.5 Å². The number of aromatic amines is 1. The Balaban J connectivity index is 0.858. The minimum Gasteiger partial charge on any atom is -0.489 e. The maximum atomic E-state index is 14.6. The summed E-state index contributed by atoms with van der Waals surface area (Å²) >= 11 is 0. The van der Waals surface area contributed by atoms with Crippen LogP contribution in [0.15, 0.2) is 83.1 Å². The van der Waals surface area contributed by atoms with E-state index in [1.165, 1.54) is 67.4 Å². The molecule has 2 aliphatic carbocycles. The molecule has 4 fully saturated rings. The van der Waals surface area contributed by atoms with Gasteiger partial charge in [-0.05, 0) is 129 Å². The number of fused-ring (bicyclic) bond motifs is 2. The number of hydrogen-bond acceptors (Lipinski definition) is 12. The number of aliphatic hydroxyl groups is 1. The fraction of sp³-hybridized carbons (Fsp3) is 0.469. The molecule has 2 atom stereocenters. The van der Waals surface area contributed by atoms with Crippen molar-refractivity contribution in [1.29, 1.82) is 0 Å². The highest BCUT2D eigenvalue weighted by Gasteiger charge is 2.50. The first-order valence-electron chi connectivity index (χ1n) is 23.1. The molecule has 3 aliphatic heterocycles. The van der Waals surface area contributed by atoms with Crippen LogP contribution < -0.4 is 24.4 Å². The second-order valence-corrected chi connectivity index (χ2v) is 20.9. The average Bonchev–Trinajstić information content (AvgIpc) is 3.94. The molecule has 3 aromatic carbocycles. The maximum absolute atomic E-state index is 14.6. The Morgan fingerprint density at radius 2 is 1.82 bits per heavy atom. The molecule has 0 bridgehead atoms. The van der Waals surface area contributed by atoms with E-state index in [4.69, 9.17) is 9.47 Å². The van der Waals surface area contributed by atoms with Gasteiger partial charge in [-0.1, -0.05) is 38.1 Å². The minimum absolute atomic E-state index is 0.0625. The first-order chi connectivity index (χ1) is 31.4. The molecular formula is C49H56FN7O7S. The zero-order valence-corrected chi connectivity index (χ0v) is 37.6. The topological polar surface area (TPSA) is 179 Å². The summed E-state index contributed by atoms with van der Waals surface area (Å²) in [4.78, 5) is 37.9. The number of anilines is 2. The van der Waals surface area contributed by atoms with Gasteiger partial charge in [-0.25, -0.2) is 22.5 Å². The van der Waals surface area contributed by atoms with Crippen molar-refractivity contribution in [1.82, 2.24) is 19.6 Å². The summed E-state index contributed by atoms with van der Waals surface area (Å²) in [6, 6.07) is 18.7. The number of amides is 1. The fourth-order valence-corrected chi connectivity index (χ4v) is 12.3. The van der Waals surface area contributed by atoms with Crippen molar-refractivity contribution in [3.05, 3.63) is 100 Å². The lowest BCUT2D eigenvalue weighted by Crippen LogP contribution is -2.54. The lowest BCUT2D eigenvalue weighted by molar-refractivity contribution is -0.0227. The molecule has 4 N–H and O–H groups in total. The van der Waals surface area contributed by atoms with Crippen LogP contribution in [-0.2, 0) is 10.0 Å². The van der Waals surface area contributed by atoms with Gasteiger partial charge in [0.1, 0.15) is 46.7 Å². The van der Waals surface area contributed by atoms with Crippen LogP contribution in [-0.4, -0.2) is 78.7 Å². The number of nitrogens with one attached hydrogen (secondary N) is 3. The molecule has 2 saturated heterocycles. The Morgan fingerprint density at radius 1 is 1.03 bits per heavy atom. The Kier molecular flexibility index (Phi) is 11.6. The number of H-pyrrole nitrogens is 1. The summed E-state index contributed by atoms with van der Waals surface area (Å²) < 4.78 is 56.9. The van der Waals surface area contributed by atoms with E-state index in [9.17, 15) is 27.6 Å². The molecule has 0 radical (unpaired) electrons. The number of sulfonamides is 1. The van der Waals surface area contributed by atoms with Crippen molar-refractivity contribution in [2.75, 3.05) is 36.5 Å². The average molecular weight is 906 g/mol. The number of rotatable bonds is 11. The van der Waals surface area contributed by atoms with E-state index in [0.717, 1.165) is 57.1 Å². The number of aliphatic hydroxyl groups excluding tert-OH is 1. The highest BCUT2D eigenvalue weighted by atomic mass is 32.2. The van der Waals surface area contributed by atoms with E-state index in [1.54, 1.807) is 12.1 Å². The number of carbonyl (C=O) groups excluding carboxylic acids is 1. The number of aromatic nitrogens is 2. The molecule has 10 rings (SSSR count). The summed E-state index contributed by atoms with van der Waals surface area (Å²) in [5, 5.41) is 16.6. The van der Waals surface area contributed by atoms with Gasteiger partial charge in [0, 0.05) is 49.2 Å². The van der Waals surface area contributed by atoms with Crippen LogP contribution in [0.4, 0.5) is 21.5 Å². The number of piperidine rings is 1. The van der Waals surface area contributed by atoms with Gasteiger partial charge in [-0.2, -0.15) is 0 Å². The van der Waals surface area contributed by atoms with Gasteiger partial charge in [0.2, 0.25) is 0 Å². The summed E-state index contributed by atoms with van der Waals surface area (Å²) in [6.07, 6.45) is 12.0. The molecule has 65 heavy (non-hydrogen) atoms. The first kappa shape index (κ1) is 43.3. The maximum Gasteiger partial charge on any atom is 0.268 e. The van der Waals surface area contributed by atoms with Crippen LogP contribution in [0.25, 0.3) is 11.0 Å². The second-order valence-electron chi connectivity index (χ2n) is 19.2. The summed E-state index contributed by atoms with van der Waals surface area (Å²) in [5.41, 5.74) is 4.38. The molecule has 1 spiro atoms. The molecule has 16 heteroatoms. The Bertz CT molecular complexity index is 2720. The van der Waals surface area contributed by atoms with Crippen LogP contribution in [0.2, 0.25) is 0 Å². The molecular weight excluding hydrogens is 850 g/mol. The molecule has 0 unspecified atom stereocenters. The summed E-state index contributed by atoms with van der Waals surface area (Å²) in [7, 11) is -4.58. The highest BCUT2D eigenvalue weighted by molar-refractivity contribution is 7.90. The van der Waals surface area contributed by atoms with Gasteiger partial charge < -0.3 is 29.8 Å². The third-order valence-corrected chi connectivity index (χ3v) is 16.2. The molecule has 5 heterocycles. The third-order valence-electron chi connectivity index (χ3n) is 14.9. The first-order valence-corrected chi connectivity index (χ1v) is 24.6. The molecule has 1 amide bonds. The number of likely N-dealkylation sites (tertiary alicyclic amines) is 1. The van der Waals surface area contributed by atoms with Crippen LogP contribution in [0.3, 0.4) is 0 Å². The van der Waals surface area contributed by atoms with Crippen molar-refractivity contribution in [3.8, 4) is 17.2 Å². The van der Waals surface area contributed by atoms with Crippen molar-refractivity contribution in [3.63, 3.8) is 0 Å². The third kappa shape index (κ3) is 8.44. The smallest absolute Gasteiger partial charge is 0.268 e. The standard InChI is InChI=1S/C49H56FN7O7S/c1-29(2)36-6-3-4-7-37(36)43-8-5-17-57(43)32-24-49(25-32)15-18-56(19-16-49)31-11-14-38(44(20-31)64-34-21-39-40(50)27-52-47(39)51-26-34)48(59)55-65(61,62)35-22-41(54-60)46-45(23-35)63-28-42(53-46)30-9-12-33(58)13-10-30/h3-4,6-7,11,14,20-23,26-27,29-30,32-33,42-43,53,58H,5,8-10,12-13,15-19,24-25,28H2,1-2H3,(H,51,52)(H,55,59)/t30?,33?,42-,43-/m0/s1. The zero-order chi connectivity index (χ0) is 45.0. The molecule has 342 valence electrons. The van der Waals surface area contributed by atoms with E-state index in [-0.39, 0.29) is 74.6 Å². The molecule has 14 nitrogen and oxygen atoms in total. The van der Waals surface area contributed by atoms with Gasteiger partial charge in [0.05, 0.1) is 34.2 Å². The molecule has 5 aliphatic rings. The quantitative estimate of drug-likeness (QED) is 0.0929. The minimum atomic E-state index is -4.58. The van der Waals surface area contributed by atoms with E-state index in [1.807, 2.05) is 0 Å². The largest absolute Gasteiger partial charge is 0.489 e. The van der Waals surface area contributed by atoms with Gasteiger partial charge in [-0.3, -0.25) is 9.69 Å². The van der Waals surface area contributed by atoms with E-state index < -0.39 is 21.7 Å². The van der Waals surface area contributed by atoms with Gasteiger partial charge in [0.15, 0.2) is 0 Å². The number of pyridine rings is 1. The van der Waals surface area contributed by atoms with E-state index >= 15 is 0 Å². The van der Waals surface area contributed by atoms with E-state index in [2.05, 4.69) is 73.1 Å². The van der Waals surface area contributed by atoms with E-state index in [0.29, 0.717) is 36.5 Å². The Morgan fingerprint density at radius 3 is 2.58 bits per heavy atom. The number of nitroso groups, excluding NO2 is 1. The SMILES string of the molecule is CC(C)c1ccccc1[C@@H]1CCCN1C1CC2(CCN(c3ccc(C(=O)NS(=O)(=O)c4cc(N=O)c5c(c4)OC[C@@H](C4CCC(O)CC4)N5)c(Oc4cnc5[nH]cc(F)c5c4)c3)CC2)C1. The predicted molar refractivity (Wildman–Crippen MR) is 246 cm³/mol. The van der Waals surface area contributed by atoms with Crippen LogP contribution in [0.5, 0.6) is 17.2 Å². The van der Waals surface area contributed by atoms with Crippen molar-refractivity contribution in [2.45, 2.75) is 113 Å². The second kappa shape index (κ2) is 17.3. The number of carbonyl (C=O) groups is 1. The summed E-state index contributed by atoms with van der Waals surface area (Å²) in [6.45, 7) is 7.54. The normalized spacial score (nSPS) is 23.4. The number of halogens is 1. The molecule has 2 saturated carbocycles. The van der Waals surface area contributed by atoms with Gasteiger partial charge >= 0.3 is 0 Å². The number of hydrogen-bond donors (Lipinski definition) is 4. The lowest BCUT2D eigenvalue weighted by atomic mass is 9.59. The number of nitrogens with zero attached hydrogens (tertiary/aromatic N) is 4. The van der Waals surface area contributed by atoms with Crippen LogP contribution in [0.1, 0.15) is 112 Å². The van der Waals surface area contributed by atoms with Gasteiger partial charge in [-0.15, -0.1) is 4.91 Å². The highest BCUT2D eigenvalue weighted by Crippen LogP contribution is 2.54. The van der Waals surface area contributed by atoms with Gasteiger partial charge in [0.25, 0.3) is 15.9 Å². The number of benzene rings is 3. The Hall–Kier alpha value is -5.58. The lowest BCUT2D eigenvalue weighted by Gasteiger charge is -2.56. The zero-order valence-electron chi connectivity index (χ0n) is 36.8. The molecule has 2 aromatic heterocycles. The number of ether oxygens (including phenoxy) is 2. The monoisotopic (exact) mass is 905 g/mol. The molecule has 5 aromatic rings. The predicted octanol–water partition coefficient (Wildman–Crippen LogP) is 9.44. The summed E-state index contributed by atoms with van der Waals surface area (Å²) in [5.74, 6) is -0.462. The van der Waals surface area contributed by atoms with Crippen molar-refractivity contribution < 1.29 is 32.2 Å². The van der Waals surface area contributed by atoms with Crippen LogP contribution in [0, 0.1) is 22.1 Å². The van der Waals surface area contributed by atoms with Crippen LogP contribution >= 0.6 is 0 Å².